The van der Waals surface area contributed by atoms with Gasteiger partial charge in [0.05, 0.1) is 12.2 Å². The van der Waals surface area contributed by atoms with E-state index in [0.717, 1.165) is 47.4 Å². The molecule has 0 aliphatic carbocycles. The average Bonchev–Trinajstić information content (AvgIpc) is 3.31. The quantitative estimate of drug-likeness (QED) is 0.730. The highest BCUT2D eigenvalue weighted by atomic mass is 32.1. The molecule has 1 amide bonds. The van der Waals surface area contributed by atoms with E-state index in [1.54, 1.807) is 11.3 Å². The molecule has 0 unspecified atom stereocenters. The number of carbonyl (C=O) groups excluding carboxylic acids is 1. The van der Waals surface area contributed by atoms with Crippen molar-refractivity contribution in [3.8, 4) is 11.5 Å². The minimum absolute atomic E-state index is 0.0307. The van der Waals surface area contributed by atoms with Gasteiger partial charge in [0.25, 0.3) is 0 Å². The second-order valence-electron chi connectivity index (χ2n) is 6.16. The zero-order valence-electron chi connectivity index (χ0n) is 15.3. The fourth-order valence-corrected chi connectivity index (χ4v) is 3.52. The summed E-state index contributed by atoms with van der Waals surface area (Å²) in [5.41, 5.74) is 2.14. The van der Waals surface area contributed by atoms with Crippen molar-refractivity contribution in [3.63, 3.8) is 0 Å². The fraction of sp³-hybridized carbons (Fsp3) is 0.474. The van der Waals surface area contributed by atoms with Gasteiger partial charge in [0.15, 0.2) is 11.5 Å². The van der Waals surface area contributed by atoms with Crippen LogP contribution in [0.3, 0.4) is 0 Å². The standard InChI is InChI=1S/C19H25N3O3S/c1-3-22(4-2)11-15-12-26-19(21-15)10-20-18(23)8-6-14-5-7-16-17(9-14)25-13-24-16/h5,7,9,12H,3-4,6,8,10-11,13H2,1-2H3,(H,20,23). The lowest BCUT2D eigenvalue weighted by Gasteiger charge is -2.15. The Kier molecular flexibility index (Phi) is 6.46. The number of hydrogen-bond acceptors (Lipinski definition) is 6. The van der Waals surface area contributed by atoms with Gasteiger partial charge in [0, 0.05) is 18.3 Å². The summed E-state index contributed by atoms with van der Waals surface area (Å²) < 4.78 is 10.7. The molecule has 1 aromatic heterocycles. The van der Waals surface area contributed by atoms with Gasteiger partial charge >= 0.3 is 0 Å². The summed E-state index contributed by atoms with van der Waals surface area (Å²) in [6, 6.07) is 5.81. The summed E-state index contributed by atoms with van der Waals surface area (Å²) in [5, 5.41) is 5.98. The van der Waals surface area contributed by atoms with E-state index in [4.69, 9.17) is 9.47 Å². The number of aromatic nitrogens is 1. The predicted molar refractivity (Wildman–Crippen MR) is 101 cm³/mol. The smallest absolute Gasteiger partial charge is 0.231 e. The number of rotatable bonds is 9. The molecule has 0 saturated carbocycles. The molecule has 0 bridgehead atoms. The van der Waals surface area contributed by atoms with Crippen LogP contribution in [-0.4, -0.2) is 35.7 Å². The van der Waals surface area contributed by atoms with E-state index in [0.29, 0.717) is 19.4 Å². The highest BCUT2D eigenvalue weighted by molar-refractivity contribution is 7.09. The SMILES string of the molecule is CCN(CC)Cc1csc(CNC(=O)CCc2ccc3c(c2)OCO3)n1. The normalized spacial score (nSPS) is 12.6. The number of hydrogen-bond donors (Lipinski definition) is 1. The van der Waals surface area contributed by atoms with Crippen LogP contribution in [0, 0.1) is 0 Å². The van der Waals surface area contributed by atoms with Gasteiger partial charge in [0.1, 0.15) is 5.01 Å². The Hall–Kier alpha value is -2.12. The number of benzene rings is 1. The predicted octanol–water partition coefficient (Wildman–Crippen LogP) is 2.96. The van der Waals surface area contributed by atoms with Crippen LogP contribution in [-0.2, 0) is 24.3 Å². The lowest BCUT2D eigenvalue weighted by atomic mass is 10.1. The minimum atomic E-state index is 0.0307. The van der Waals surface area contributed by atoms with Gasteiger partial charge in [-0.1, -0.05) is 19.9 Å². The van der Waals surface area contributed by atoms with E-state index in [9.17, 15) is 4.79 Å². The summed E-state index contributed by atoms with van der Waals surface area (Å²) in [7, 11) is 0. The molecule has 0 saturated heterocycles. The zero-order valence-corrected chi connectivity index (χ0v) is 16.1. The molecule has 1 aliphatic heterocycles. The van der Waals surface area contributed by atoms with E-state index in [1.807, 2.05) is 18.2 Å². The first-order valence-electron chi connectivity index (χ1n) is 8.98. The number of nitrogens with one attached hydrogen (secondary N) is 1. The summed E-state index contributed by atoms with van der Waals surface area (Å²) in [6.45, 7) is 7.95. The molecule has 1 N–H and O–H groups in total. The number of amides is 1. The van der Waals surface area contributed by atoms with Crippen LogP contribution in [0.15, 0.2) is 23.6 Å². The van der Waals surface area contributed by atoms with Crippen molar-refractivity contribution in [3.05, 3.63) is 39.8 Å². The molecule has 3 rings (SSSR count). The molecule has 7 heteroatoms. The highest BCUT2D eigenvalue weighted by Gasteiger charge is 2.14. The first kappa shape index (κ1) is 18.7. The molecule has 1 aromatic carbocycles. The summed E-state index contributed by atoms with van der Waals surface area (Å²) >= 11 is 1.60. The summed E-state index contributed by atoms with van der Waals surface area (Å²) in [4.78, 5) is 19.0. The molecule has 1 aliphatic rings. The van der Waals surface area contributed by atoms with Gasteiger partial charge < -0.3 is 14.8 Å². The van der Waals surface area contributed by atoms with Crippen molar-refractivity contribution in [1.82, 2.24) is 15.2 Å². The monoisotopic (exact) mass is 375 g/mol. The van der Waals surface area contributed by atoms with Gasteiger partial charge in [-0.3, -0.25) is 9.69 Å². The molecule has 2 aromatic rings. The maximum absolute atomic E-state index is 12.1. The molecule has 0 atom stereocenters. The Bertz CT molecular complexity index is 743. The Morgan fingerprint density at radius 3 is 2.88 bits per heavy atom. The molecule has 0 fully saturated rings. The third-order valence-electron chi connectivity index (χ3n) is 4.39. The van der Waals surface area contributed by atoms with Gasteiger partial charge in [-0.15, -0.1) is 11.3 Å². The topological polar surface area (TPSA) is 63.7 Å². The van der Waals surface area contributed by atoms with E-state index in [-0.39, 0.29) is 12.7 Å². The lowest BCUT2D eigenvalue weighted by Crippen LogP contribution is -2.23. The van der Waals surface area contributed by atoms with Crippen LogP contribution in [0.4, 0.5) is 0 Å². The second kappa shape index (κ2) is 9.00. The minimum Gasteiger partial charge on any atom is -0.454 e. The van der Waals surface area contributed by atoms with Gasteiger partial charge in [-0.25, -0.2) is 4.98 Å². The number of thiazole rings is 1. The van der Waals surface area contributed by atoms with Crippen LogP contribution >= 0.6 is 11.3 Å². The number of aryl methyl sites for hydroxylation is 1. The van der Waals surface area contributed by atoms with Crippen molar-refractivity contribution in [2.45, 2.75) is 39.8 Å². The highest BCUT2D eigenvalue weighted by Crippen LogP contribution is 2.32. The molecule has 26 heavy (non-hydrogen) atoms. The van der Waals surface area contributed by atoms with Crippen molar-refractivity contribution < 1.29 is 14.3 Å². The largest absolute Gasteiger partial charge is 0.454 e. The maximum atomic E-state index is 12.1. The Morgan fingerprint density at radius 1 is 1.27 bits per heavy atom. The van der Waals surface area contributed by atoms with E-state index >= 15 is 0 Å². The Morgan fingerprint density at radius 2 is 2.08 bits per heavy atom. The molecule has 0 radical (unpaired) electrons. The first-order valence-corrected chi connectivity index (χ1v) is 9.86. The maximum Gasteiger partial charge on any atom is 0.231 e. The van der Waals surface area contributed by atoms with Gasteiger partial charge in [-0.05, 0) is 37.2 Å². The van der Waals surface area contributed by atoms with Crippen LogP contribution < -0.4 is 14.8 Å². The molecule has 6 nitrogen and oxygen atoms in total. The third-order valence-corrected chi connectivity index (χ3v) is 5.29. The Balaban J connectivity index is 1.42. The van der Waals surface area contributed by atoms with Crippen molar-refractivity contribution in [1.29, 1.82) is 0 Å². The number of nitrogens with zero attached hydrogens (tertiary/aromatic N) is 2. The summed E-state index contributed by atoms with van der Waals surface area (Å²) in [5.74, 6) is 1.55. The van der Waals surface area contributed by atoms with Crippen LogP contribution in [0.25, 0.3) is 0 Å². The number of fused-ring (bicyclic) bond motifs is 1. The average molecular weight is 375 g/mol. The van der Waals surface area contributed by atoms with Crippen LogP contribution in [0.1, 0.15) is 36.5 Å². The van der Waals surface area contributed by atoms with Crippen molar-refractivity contribution >= 4 is 17.2 Å². The summed E-state index contributed by atoms with van der Waals surface area (Å²) in [6.07, 6.45) is 1.12. The van der Waals surface area contributed by atoms with Crippen molar-refractivity contribution in [2.75, 3.05) is 19.9 Å². The van der Waals surface area contributed by atoms with Crippen molar-refractivity contribution in [2.24, 2.45) is 0 Å². The molecular weight excluding hydrogens is 350 g/mol. The first-order chi connectivity index (χ1) is 12.7. The lowest BCUT2D eigenvalue weighted by molar-refractivity contribution is -0.121. The molecule has 140 valence electrons. The molecular formula is C19H25N3O3S. The fourth-order valence-electron chi connectivity index (χ4n) is 2.80. The molecule has 2 heterocycles. The van der Waals surface area contributed by atoms with E-state index in [2.05, 4.69) is 34.4 Å². The van der Waals surface area contributed by atoms with E-state index in [1.165, 1.54) is 0 Å². The van der Waals surface area contributed by atoms with Gasteiger partial charge in [-0.2, -0.15) is 0 Å². The Labute approximate surface area is 158 Å². The number of ether oxygens (including phenoxy) is 2. The number of carbonyl (C=O) groups is 1. The second-order valence-corrected chi connectivity index (χ2v) is 7.10. The molecule has 0 spiro atoms. The van der Waals surface area contributed by atoms with Crippen LogP contribution in [0.5, 0.6) is 11.5 Å². The zero-order chi connectivity index (χ0) is 18.4. The van der Waals surface area contributed by atoms with Crippen LogP contribution in [0.2, 0.25) is 0 Å². The third kappa shape index (κ3) is 4.95. The van der Waals surface area contributed by atoms with Gasteiger partial charge in [0.2, 0.25) is 12.7 Å². The van der Waals surface area contributed by atoms with E-state index < -0.39 is 0 Å².